The molecule has 0 spiro atoms. The molecule has 0 aromatic carbocycles. The molecule has 0 radical (unpaired) electrons. The normalized spacial score (nSPS) is 32.7. The summed E-state index contributed by atoms with van der Waals surface area (Å²) in [5, 5.41) is 31.0. The van der Waals surface area contributed by atoms with Gasteiger partial charge in [-0.15, -0.1) is 0 Å². The zero-order valence-corrected chi connectivity index (χ0v) is 19.2. The Balaban J connectivity index is 1.47. The Hall–Kier alpha value is -1.40. The van der Waals surface area contributed by atoms with Gasteiger partial charge in [-0.2, -0.15) is 0 Å². The first-order valence-electron chi connectivity index (χ1n) is 10.7. The average Bonchev–Trinajstić information content (AvgIpc) is 3.51. The number of aliphatic hydroxyl groups excluding tert-OH is 3. The Kier molecular flexibility index (Phi) is 8.42. The summed E-state index contributed by atoms with van der Waals surface area (Å²) in [6.07, 6.45) is -0.975. The zero-order chi connectivity index (χ0) is 23.6. The largest absolute Gasteiger partial charge is 0.610 e. The molecule has 2 saturated heterocycles. The van der Waals surface area contributed by atoms with Gasteiger partial charge in [0.25, 0.3) is 0 Å². The quantitative estimate of drug-likeness (QED) is 0.190. The third-order valence-electron chi connectivity index (χ3n) is 6.30. The predicted octanol–water partition coefficient (Wildman–Crippen LogP) is 0.262. The lowest BCUT2D eigenvalue weighted by Crippen LogP contribution is -2.51. The van der Waals surface area contributed by atoms with E-state index in [1.54, 1.807) is 6.92 Å². The number of epoxide rings is 1. The number of hydrogen-bond acceptors (Lipinski definition) is 9. The Labute approximate surface area is 190 Å². The summed E-state index contributed by atoms with van der Waals surface area (Å²) < 4.78 is 22.7. The first-order valence-corrected chi connectivity index (χ1v) is 12.3. The van der Waals surface area contributed by atoms with E-state index >= 15 is 0 Å². The van der Waals surface area contributed by atoms with Crippen molar-refractivity contribution < 1.29 is 38.9 Å². The standard InChI is InChI=1S/C22H31NO8S/c1-11(12(2)24)22-18(31-22)8-17-21(28)20(27)14(10-30-17)6-15(25)7-16(26)13-4-5-19(23-9-13)32(3)29/h4-5,9,11-12,14,17-18,20-22,24,27-28H,6-8,10H2,1-3H3/t11-,12-,14-,17-,18-,20+,21-,22-,32?/m0/s1. The highest BCUT2D eigenvalue weighted by atomic mass is 32.2. The molecule has 1 aromatic rings. The molecule has 32 heavy (non-hydrogen) atoms. The van der Waals surface area contributed by atoms with E-state index in [9.17, 15) is 29.5 Å². The van der Waals surface area contributed by atoms with Crippen LogP contribution in [0.15, 0.2) is 23.4 Å². The molecule has 0 amide bonds. The molecule has 2 aliphatic rings. The maximum Gasteiger partial charge on any atom is 0.244 e. The molecule has 2 fully saturated rings. The van der Waals surface area contributed by atoms with Crippen molar-refractivity contribution in [2.24, 2.45) is 11.8 Å². The van der Waals surface area contributed by atoms with Gasteiger partial charge in [0.05, 0.1) is 43.5 Å². The van der Waals surface area contributed by atoms with Gasteiger partial charge in [0.15, 0.2) is 5.78 Å². The van der Waals surface area contributed by atoms with E-state index in [-0.39, 0.29) is 48.9 Å². The minimum Gasteiger partial charge on any atom is -0.610 e. The molecule has 0 bridgehead atoms. The van der Waals surface area contributed by atoms with Gasteiger partial charge in [-0.1, -0.05) is 6.92 Å². The first-order chi connectivity index (χ1) is 15.1. The highest BCUT2D eigenvalue weighted by molar-refractivity contribution is 7.90. The van der Waals surface area contributed by atoms with Crippen molar-refractivity contribution in [1.29, 1.82) is 0 Å². The Bertz CT molecular complexity index is 802. The van der Waals surface area contributed by atoms with E-state index in [4.69, 9.17) is 9.47 Å². The molecule has 10 heteroatoms. The van der Waals surface area contributed by atoms with Crippen LogP contribution in [0.1, 0.15) is 43.5 Å². The van der Waals surface area contributed by atoms with E-state index < -0.39 is 47.3 Å². The second-order valence-corrected chi connectivity index (χ2v) is 10.1. The summed E-state index contributed by atoms with van der Waals surface area (Å²) in [6, 6.07) is 2.97. The van der Waals surface area contributed by atoms with Gasteiger partial charge in [-0.25, -0.2) is 4.98 Å². The third kappa shape index (κ3) is 6.13. The number of ether oxygens (including phenoxy) is 2. The van der Waals surface area contributed by atoms with Crippen LogP contribution in [0.25, 0.3) is 0 Å². The summed E-state index contributed by atoms with van der Waals surface area (Å²) >= 11 is -1.26. The van der Waals surface area contributed by atoms with Gasteiger partial charge in [-0.3, -0.25) is 9.59 Å². The molecule has 3 N–H and O–H groups in total. The monoisotopic (exact) mass is 469 g/mol. The van der Waals surface area contributed by atoms with Crippen LogP contribution in [0, 0.1) is 11.8 Å². The molecule has 3 heterocycles. The Morgan fingerprint density at radius 3 is 2.56 bits per heavy atom. The van der Waals surface area contributed by atoms with Gasteiger partial charge in [0.2, 0.25) is 5.03 Å². The fourth-order valence-electron chi connectivity index (χ4n) is 4.00. The van der Waals surface area contributed by atoms with Crippen LogP contribution >= 0.6 is 0 Å². The zero-order valence-electron chi connectivity index (χ0n) is 18.4. The summed E-state index contributed by atoms with van der Waals surface area (Å²) in [6.45, 7) is 3.68. The molecule has 3 rings (SSSR count). The van der Waals surface area contributed by atoms with Crippen LogP contribution in [0.5, 0.6) is 0 Å². The van der Waals surface area contributed by atoms with Crippen LogP contribution < -0.4 is 0 Å². The predicted molar refractivity (Wildman–Crippen MR) is 115 cm³/mol. The number of carbonyl (C=O) groups is 2. The van der Waals surface area contributed by atoms with Gasteiger partial charge in [0.1, 0.15) is 18.1 Å². The number of aromatic nitrogens is 1. The topological polar surface area (TPSA) is 153 Å². The van der Waals surface area contributed by atoms with Crippen LogP contribution in [0.2, 0.25) is 0 Å². The lowest BCUT2D eigenvalue weighted by molar-refractivity contribution is -0.170. The van der Waals surface area contributed by atoms with Crippen molar-refractivity contribution in [2.75, 3.05) is 12.9 Å². The Morgan fingerprint density at radius 2 is 1.97 bits per heavy atom. The summed E-state index contributed by atoms with van der Waals surface area (Å²) in [4.78, 5) is 28.7. The van der Waals surface area contributed by atoms with Crippen molar-refractivity contribution >= 4 is 22.7 Å². The molecular formula is C22H31NO8S. The molecule has 178 valence electrons. The summed E-state index contributed by atoms with van der Waals surface area (Å²) in [7, 11) is 0. The van der Waals surface area contributed by atoms with Crippen LogP contribution in [-0.4, -0.2) is 85.9 Å². The number of nitrogens with zero attached hydrogens (tertiary/aromatic N) is 1. The van der Waals surface area contributed by atoms with E-state index in [1.807, 2.05) is 6.92 Å². The third-order valence-corrected chi connectivity index (χ3v) is 7.13. The Morgan fingerprint density at radius 1 is 1.25 bits per heavy atom. The van der Waals surface area contributed by atoms with Crippen LogP contribution in [-0.2, 0) is 25.4 Å². The van der Waals surface area contributed by atoms with Gasteiger partial charge >= 0.3 is 0 Å². The minimum atomic E-state index is -1.26. The fraction of sp³-hybridized carbons (Fsp3) is 0.682. The van der Waals surface area contributed by atoms with Crippen LogP contribution in [0.3, 0.4) is 0 Å². The first kappa shape index (κ1) is 25.2. The van der Waals surface area contributed by atoms with E-state index in [1.165, 1.54) is 24.6 Å². The van der Waals surface area contributed by atoms with E-state index in [2.05, 4.69) is 4.98 Å². The number of hydrogen-bond donors (Lipinski definition) is 3. The van der Waals surface area contributed by atoms with E-state index in [0.717, 1.165) is 0 Å². The molecule has 0 saturated carbocycles. The lowest BCUT2D eigenvalue weighted by Gasteiger charge is -2.37. The number of pyridine rings is 1. The van der Waals surface area contributed by atoms with Crippen molar-refractivity contribution in [3.8, 4) is 0 Å². The summed E-state index contributed by atoms with van der Waals surface area (Å²) in [5.74, 6) is -1.43. The number of carbonyl (C=O) groups excluding carboxylic acids is 2. The van der Waals surface area contributed by atoms with Gasteiger partial charge in [0, 0.05) is 53.7 Å². The number of Topliss-reactive ketones (excluding diaryl/α,β-unsaturated/α-hetero) is 2. The molecule has 9 atom stereocenters. The van der Waals surface area contributed by atoms with Crippen molar-refractivity contribution in [3.05, 3.63) is 23.9 Å². The summed E-state index contributed by atoms with van der Waals surface area (Å²) in [5.41, 5.74) is 0.249. The minimum absolute atomic E-state index is 0.0379. The maximum absolute atomic E-state index is 12.4. The molecule has 9 nitrogen and oxygen atoms in total. The number of ketones is 2. The number of rotatable bonds is 10. The smallest absolute Gasteiger partial charge is 0.244 e. The SMILES string of the molecule is C[C@H]([C@@H]1O[C@H]1C[C@@H]1OC[C@H](CC(=O)CC(=O)c2ccc([S+](C)[O-])nc2)[C@@H](O)[C@H]1O)[C@H](C)O. The maximum atomic E-state index is 12.4. The highest BCUT2D eigenvalue weighted by Gasteiger charge is 2.48. The van der Waals surface area contributed by atoms with Crippen molar-refractivity contribution in [1.82, 2.24) is 4.98 Å². The molecular weight excluding hydrogens is 438 g/mol. The highest BCUT2D eigenvalue weighted by Crippen LogP contribution is 2.37. The van der Waals surface area contributed by atoms with Crippen molar-refractivity contribution in [3.63, 3.8) is 0 Å². The van der Waals surface area contributed by atoms with Crippen molar-refractivity contribution in [2.45, 2.75) is 74.8 Å². The van der Waals surface area contributed by atoms with E-state index in [0.29, 0.717) is 11.4 Å². The molecule has 1 aromatic heterocycles. The van der Waals surface area contributed by atoms with Gasteiger partial charge in [-0.05, 0) is 13.0 Å². The number of aliphatic hydroxyl groups is 3. The van der Waals surface area contributed by atoms with Crippen LogP contribution in [0.4, 0.5) is 0 Å². The second-order valence-electron chi connectivity index (χ2n) is 8.77. The lowest BCUT2D eigenvalue weighted by atomic mass is 9.85. The molecule has 1 unspecified atom stereocenters. The molecule has 0 aliphatic carbocycles. The van der Waals surface area contributed by atoms with Gasteiger partial charge < -0.3 is 29.3 Å². The second kappa shape index (κ2) is 10.7. The fourth-order valence-corrected chi connectivity index (χ4v) is 4.46. The molecule has 2 aliphatic heterocycles. The average molecular weight is 470 g/mol.